The number of anilines is 1. The number of benzene rings is 2. The summed E-state index contributed by atoms with van der Waals surface area (Å²) >= 11 is 0. The first kappa shape index (κ1) is 14.9. The van der Waals surface area contributed by atoms with Crippen LogP contribution in [0.1, 0.15) is 28.4 Å². The van der Waals surface area contributed by atoms with Crippen molar-refractivity contribution in [1.29, 1.82) is 0 Å². The van der Waals surface area contributed by atoms with Crippen LogP contribution in [-0.4, -0.2) is 17.6 Å². The third-order valence-corrected chi connectivity index (χ3v) is 3.22. The number of amides is 1. The summed E-state index contributed by atoms with van der Waals surface area (Å²) in [5.74, 6) is 0.554. The van der Waals surface area contributed by atoms with Gasteiger partial charge in [-0.05, 0) is 56.2 Å². The van der Waals surface area contributed by atoms with Gasteiger partial charge in [0.2, 0.25) is 0 Å². The molecular formula is C17H19NO3. The minimum atomic E-state index is -0.229. The Morgan fingerprint density at radius 1 is 1.19 bits per heavy atom. The average Bonchev–Trinajstić information content (AvgIpc) is 2.45. The Hall–Kier alpha value is -2.49. The van der Waals surface area contributed by atoms with Crippen molar-refractivity contribution >= 4 is 11.6 Å². The highest BCUT2D eigenvalue weighted by molar-refractivity contribution is 6.06. The van der Waals surface area contributed by atoms with Gasteiger partial charge in [0.05, 0.1) is 12.2 Å². The molecule has 0 fully saturated rings. The summed E-state index contributed by atoms with van der Waals surface area (Å²) in [6.07, 6.45) is 0. The molecule has 110 valence electrons. The summed E-state index contributed by atoms with van der Waals surface area (Å²) in [6.45, 7) is 6.01. The fourth-order valence-corrected chi connectivity index (χ4v) is 2.06. The molecule has 0 saturated heterocycles. The van der Waals surface area contributed by atoms with Crippen LogP contribution in [0.15, 0.2) is 36.4 Å². The van der Waals surface area contributed by atoms with Crippen molar-refractivity contribution in [2.75, 3.05) is 11.9 Å². The molecule has 21 heavy (non-hydrogen) atoms. The number of ether oxygens (including phenoxy) is 1. The van der Waals surface area contributed by atoms with Gasteiger partial charge in [-0.1, -0.05) is 12.1 Å². The fourth-order valence-electron chi connectivity index (χ4n) is 2.06. The first-order chi connectivity index (χ1) is 10.0. The zero-order chi connectivity index (χ0) is 15.4. The van der Waals surface area contributed by atoms with Crippen LogP contribution in [0.3, 0.4) is 0 Å². The van der Waals surface area contributed by atoms with Gasteiger partial charge in [0.1, 0.15) is 11.5 Å². The smallest absolute Gasteiger partial charge is 0.259 e. The Kier molecular flexibility index (Phi) is 4.48. The molecule has 0 aliphatic rings. The van der Waals surface area contributed by atoms with Crippen LogP contribution in [0.2, 0.25) is 0 Å². The summed E-state index contributed by atoms with van der Waals surface area (Å²) in [6, 6.07) is 10.5. The lowest BCUT2D eigenvalue weighted by Gasteiger charge is -2.13. The molecule has 0 aliphatic carbocycles. The quantitative estimate of drug-likeness (QED) is 0.843. The molecule has 2 N–H and O–H groups in total. The fraction of sp³-hybridized carbons (Fsp3) is 0.235. The second kappa shape index (κ2) is 6.31. The standard InChI is InChI=1S/C17H19NO3/c1-4-21-16-8-6-5-7-13(16)17(20)18-14-9-12(3)15(19)10-11(14)2/h5-10,19H,4H2,1-3H3,(H,18,20). The lowest BCUT2D eigenvalue weighted by molar-refractivity contribution is 0.102. The number of nitrogens with one attached hydrogen (secondary N) is 1. The summed E-state index contributed by atoms with van der Waals surface area (Å²) < 4.78 is 5.47. The van der Waals surface area contributed by atoms with E-state index in [9.17, 15) is 9.90 Å². The average molecular weight is 285 g/mol. The number of hydrogen-bond donors (Lipinski definition) is 2. The van der Waals surface area contributed by atoms with E-state index in [1.165, 1.54) is 0 Å². The van der Waals surface area contributed by atoms with E-state index in [0.29, 0.717) is 29.2 Å². The van der Waals surface area contributed by atoms with Crippen molar-refractivity contribution in [2.24, 2.45) is 0 Å². The molecule has 2 aromatic carbocycles. The van der Waals surface area contributed by atoms with Gasteiger partial charge in [-0.3, -0.25) is 4.79 Å². The largest absolute Gasteiger partial charge is 0.508 e. The first-order valence-corrected chi connectivity index (χ1v) is 6.86. The van der Waals surface area contributed by atoms with E-state index < -0.39 is 0 Å². The molecule has 0 bridgehead atoms. The van der Waals surface area contributed by atoms with Crippen LogP contribution in [0, 0.1) is 13.8 Å². The predicted octanol–water partition coefficient (Wildman–Crippen LogP) is 3.66. The molecule has 0 saturated carbocycles. The summed E-state index contributed by atoms with van der Waals surface area (Å²) in [7, 11) is 0. The normalized spacial score (nSPS) is 10.2. The Labute approximate surface area is 124 Å². The number of carbonyl (C=O) groups excluding carboxylic acids is 1. The van der Waals surface area contributed by atoms with Gasteiger partial charge in [0.15, 0.2) is 0 Å². The number of aryl methyl sites for hydroxylation is 2. The van der Waals surface area contributed by atoms with Gasteiger partial charge < -0.3 is 15.2 Å². The van der Waals surface area contributed by atoms with Crippen molar-refractivity contribution in [3.05, 3.63) is 53.1 Å². The van der Waals surface area contributed by atoms with Crippen molar-refractivity contribution in [2.45, 2.75) is 20.8 Å². The number of para-hydroxylation sites is 1. The highest BCUT2D eigenvalue weighted by Gasteiger charge is 2.13. The van der Waals surface area contributed by atoms with Crippen LogP contribution >= 0.6 is 0 Å². The maximum Gasteiger partial charge on any atom is 0.259 e. The molecule has 0 aromatic heterocycles. The summed E-state index contributed by atoms with van der Waals surface area (Å²) in [5, 5.41) is 12.5. The van der Waals surface area contributed by atoms with E-state index in [-0.39, 0.29) is 11.7 Å². The van der Waals surface area contributed by atoms with Crippen LogP contribution in [0.5, 0.6) is 11.5 Å². The van der Waals surface area contributed by atoms with Crippen molar-refractivity contribution in [1.82, 2.24) is 0 Å². The molecule has 0 aliphatic heterocycles. The van der Waals surface area contributed by atoms with Crippen molar-refractivity contribution < 1.29 is 14.6 Å². The third kappa shape index (κ3) is 3.34. The zero-order valence-electron chi connectivity index (χ0n) is 12.4. The van der Waals surface area contributed by atoms with Crippen molar-refractivity contribution in [3.8, 4) is 11.5 Å². The highest BCUT2D eigenvalue weighted by atomic mass is 16.5. The lowest BCUT2D eigenvalue weighted by atomic mass is 10.1. The predicted molar refractivity (Wildman–Crippen MR) is 83.1 cm³/mol. The van der Waals surface area contributed by atoms with Gasteiger partial charge in [0.25, 0.3) is 5.91 Å². The van der Waals surface area contributed by atoms with Crippen LogP contribution in [0.25, 0.3) is 0 Å². The molecule has 0 radical (unpaired) electrons. The lowest BCUT2D eigenvalue weighted by Crippen LogP contribution is -2.14. The van der Waals surface area contributed by atoms with E-state index in [2.05, 4.69) is 5.32 Å². The van der Waals surface area contributed by atoms with Crippen molar-refractivity contribution in [3.63, 3.8) is 0 Å². The first-order valence-electron chi connectivity index (χ1n) is 6.86. The minimum Gasteiger partial charge on any atom is -0.508 e. The molecular weight excluding hydrogens is 266 g/mol. The van der Waals surface area contributed by atoms with Gasteiger partial charge in [-0.2, -0.15) is 0 Å². The summed E-state index contributed by atoms with van der Waals surface area (Å²) in [5.41, 5.74) is 2.69. The van der Waals surface area contributed by atoms with Gasteiger partial charge >= 0.3 is 0 Å². The molecule has 0 spiro atoms. The molecule has 1 amide bonds. The molecule has 2 aromatic rings. The second-order valence-corrected chi connectivity index (χ2v) is 4.84. The van der Waals surface area contributed by atoms with E-state index >= 15 is 0 Å². The van der Waals surface area contributed by atoms with E-state index in [1.54, 1.807) is 37.3 Å². The molecule has 4 nitrogen and oxygen atoms in total. The topological polar surface area (TPSA) is 58.6 Å². The van der Waals surface area contributed by atoms with Crippen LogP contribution in [0.4, 0.5) is 5.69 Å². The van der Waals surface area contributed by atoms with E-state index in [0.717, 1.165) is 5.56 Å². The number of phenols is 1. The second-order valence-electron chi connectivity index (χ2n) is 4.84. The molecule has 0 atom stereocenters. The number of phenolic OH excluding ortho intramolecular Hbond substituents is 1. The van der Waals surface area contributed by atoms with E-state index in [4.69, 9.17) is 4.74 Å². The molecule has 4 heteroatoms. The van der Waals surface area contributed by atoms with Crippen LogP contribution < -0.4 is 10.1 Å². The Morgan fingerprint density at radius 3 is 2.62 bits per heavy atom. The Morgan fingerprint density at radius 2 is 1.90 bits per heavy atom. The highest BCUT2D eigenvalue weighted by Crippen LogP contribution is 2.26. The zero-order valence-corrected chi connectivity index (χ0v) is 12.4. The molecule has 2 rings (SSSR count). The Balaban J connectivity index is 2.28. The number of aromatic hydroxyl groups is 1. The summed E-state index contributed by atoms with van der Waals surface area (Å²) in [4.78, 5) is 12.4. The molecule has 0 unspecified atom stereocenters. The van der Waals surface area contributed by atoms with Crippen LogP contribution in [-0.2, 0) is 0 Å². The maximum atomic E-state index is 12.4. The number of rotatable bonds is 4. The van der Waals surface area contributed by atoms with Gasteiger partial charge in [-0.25, -0.2) is 0 Å². The number of carbonyl (C=O) groups is 1. The Bertz CT molecular complexity index is 665. The minimum absolute atomic E-state index is 0.222. The van der Waals surface area contributed by atoms with E-state index in [1.807, 2.05) is 19.9 Å². The van der Waals surface area contributed by atoms with Gasteiger partial charge in [0, 0.05) is 5.69 Å². The van der Waals surface area contributed by atoms with Gasteiger partial charge in [-0.15, -0.1) is 0 Å². The third-order valence-electron chi connectivity index (χ3n) is 3.22. The maximum absolute atomic E-state index is 12.4. The monoisotopic (exact) mass is 285 g/mol. The number of hydrogen-bond acceptors (Lipinski definition) is 3. The molecule has 0 heterocycles. The SMILES string of the molecule is CCOc1ccccc1C(=O)Nc1cc(C)c(O)cc1C.